The van der Waals surface area contributed by atoms with Crippen molar-refractivity contribution >= 4 is 0 Å². The van der Waals surface area contributed by atoms with Gasteiger partial charge in [0.1, 0.15) is 0 Å². The minimum Gasteiger partial charge on any atom is -0.381 e. The molecule has 0 aliphatic carbocycles. The van der Waals surface area contributed by atoms with Gasteiger partial charge in [0.15, 0.2) is 0 Å². The summed E-state index contributed by atoms with van der Waals surface area (Å²) in [6, 6.07) is 0.366. The molecule has 1 unspecified atom stereocenters. The second kappa shape index (κ2) is 8.32. The van der Waals surface area contributed by atoms with Gasteiger partial charge in [0, 0.05) is 46.3 Å². The molecule has 1 rings (SSSR count). The van der Waals surface area contributed by atoms with Crippen molar-refractivity contribution in [2.75, 3.05) is 34.0 Å². The van der Waals surface area contributed by atoms with Crippen LogP contribution in [0.5, 0.6) is 0 Å². The quantitative estimate of drug-likeness (QED) is 0.708. The van der Waals surface area contributed by atoms with E-state index >= 15 is 0 Å². The van der Waals surface area contributed by atoms with Crippen LogP contribution in [-0.2, 0) is 14.2 Å². The molecule has 1 saturated heterocycles. The first-order chi connectivity index (χ1) is 9.49. The van der Waals surface area contributed by atoms with Crippen LogP contribution < -0.4 is 5.32 Å². The molecular weight excluding hydrogens is 254 g/mol. The number of rotatable bonds is 9. The van der Waals surface area contributed by atoms with Crippen molar-refractivity contribution in [1.82, 2.24) is 5.32 Å². The molecule has 1 heterocycles. The van der Waals surface area contributed by atoms with Gasteiger partial charge in [0.2, 0.25) is 0 Å². The Morgan fingerprint density at radius 1 is 1.25 bits per heavy atom. The summed E-state index contributed by atoms with van der Waals surface area (Å²) in [5.41, 5.74) is -0.163. The fourth-order valence-electron chi connectivity index (χ4n) is 2.88. The van der Waals surface area contributed by atoms with E-state index in [9.17, 15) is 0 Å². The molecule has 0 amide bonds. The average Bonchev–Trinajstić information content (AvgIpc) is 2.48. The molecule has 0 spiro atoms. The summed E-state index contributed by atoms with van der Waals surface area (Å²) in [5, 5.41) is 3.69. The highest BCUT2D eigenvalue weighted by atomic mass is 16.5. The van der Waals surface area contributed by atoms with Crippen LogP contribution in [-0.4, -0.2) is 51.2 Å². The van der Waals surface area contributed by atoms with Crippen LogP contribution in [0, 0.1) is 0 Å². The Balaban J connectivity index is 2.70. The molecule has 120 valence electrons. The minimum absolute atomic E-state index is 0.0771. The maximum absolute atomic E-state index is 5.95. The Morgan fingerprint density at radius 2 is 1.90 bits per heavy atom. The molecule has 0 aromatic heterocycles. The lowest BCUT2D eigenvalue weighted by atomic mass is 9.81. The number of nitrogens with one attached hydrogen (secondary N) is 1. The van der Waals surface area contributed by atoms with Gasteiger partial charge in [0.25, 0.3) is 0 Å². The lowest BCUT2D eigenvalue weighted by molar-refractivity contribution is -0.114. The predicted molar refractivity (Wildman–Crippen MR) is 82.2 cm³/mol. The molecule has 20 heavy (non-hydrogen) atoms. The molecular formula is C16H33NO3. The summed E-state index contributed by atoms with van der Waals surface area (Å²) in [6.07, 6.45) is 5.17. The van der Waals surface area contributed by atoms with E-state index in [0.29, 0.717) is 6.04 Å². The first-order valence-electron chi connectivity index (χ1n) is 7.91. The number of hydrogen-bond donors (Lipinski definition) is 1. The van der Waals surface area contributed by atoms with Crippen LogP contribution in [0.2, 0.25) is 0 Å². The molecule has 1 aliphatic heterocycles. The zero-order valence-corrected chi connectivity index (χ0v) is 14.0. The summed E-state index contributed by atoms with van der Waals surface area (Å²) in [4.78, 5) is 0. The van der Waals surface area contributed by atoms with Crippen molar-refractivity contribution in [3.05, 3.63) is 0 Å². The van der Waals surface area contributed by atoms with Crippen molar-refractivity contribution in [2.24, 2.45) is 0 Å². The maximum Gasteiger partial charge on any atom is 0.0874 e. The van der Waals surface area contributed by atoms with Gasteiger partial charge < -0.3 is 19.5 Å². The summed E-state index contributed by atoms with van der Waals surface area (Å²) < 4.78 is 17.0. The Morgan fingerprint density at radius 3 is 2.40 bits per heavy atom. The van der Waals surface area contributed by atoms with E-state index in [1.807, 2.05) is 7.11 Å². The molecule has 0 saturated carbocycles. The molecule has 1 atom stereocenters. The van der Waals surface area contributed by atoms with Gasteiger partial charge in [0.05, 0.1) is 11.2 Å². The van der Waals surface area contributed by atoms with E-state index in [0.717, 1.165) is 51.9 Å². The molecule has 0 aromatic rings. The van der Waals surface area contributed by atoms with Gasteiger partial charge in [-0.1, -0.05) is 6.92 Å². The van der Waals surface area contributed by atoms with Gasteiger partial charge in [-0.2, -0.15) is 0 Å². The minimum atomic E-state index is -0.0861. The maximum atomic E-state index is 5.95. The zero-order chi connectivity index (χ0) is 15.1. The highest BCUT2D eigenvalue weighted by Gasteiger charge is 2.40. The third-order valence-corrected chi connectivity index (χ3v) is 4.61. The zero-order valence-electron chi connectivity index (χ0n) is 14.0. The first kappa shape index (κ1) is 17.9. The van der Waals surface area contributed by atoms with E-state index in [4.69, 9.17) is 14.2 Å². The van der Waals surface area contributed by atoms with Gasteiger partial charge >= 0.3 is 0 Å². The Hall–Kier alpha value is -0.160. The third-order valence-electron chi connectivity index (χ3n) is 4.61. The number of ether oxygens (including phenoxy) is 3. The fourth-order valence-corrected chi connectivity index (χ4v) is 2.88. The van der Waals surface area contributed by atoms with Crippen molar-refractivity contribution in [3.8, 4) is 0 Å². The molecule has 4 nitrogen and oxygen atoms in total. The number of methoxy groups -OCH3 is 2. The molecule has 1 N–H and O–H groups in total. The first-order valence-corrected chi connectivity index (χ1v) is 7.91. The topological polar surface area (TPSA) is 39.7 Å². The van der Waals surface area contributed by atoms with Crippen molar-refractivity contribution in [2.45, 2.75) is 70.1 Å². The second-order valence-corrected chi connectivity index (χ2v) is 6.39. The van der Waals surface area contributed by atoms with Gasteiger partial charge in [-0.15, -0.1) is 0 Å². The molecule has 0 aromatic carbocycles. The monoisotopic (exact) mass is 287 g/mol. The van der Waals surface area contributed by atoms with E-state index in [1.165, 1.54) is 0 Å². The Bertz CT molecular complexity index is 262. The van der Waals surface area contributed by atoms with Crippen LogP contribution in [0.3, 0.4) is 0 Å². The van der Waals surface area contributed by atoms with Crippen molar-refractivity contribution in [1.29, 1.82) is 0 Å². The average molecular weight is 287 g/mol. The fraction of sp³-hybridized carbons (Fsp3) is 1.00. The van der Waals surface area contributed by atoms with E-state index in [1.54, 1.807) is 7.11 Å². The number of hydrogen-bond acceptors (Lipinski definition) is 4. The van der Waals surface area contributed by atoms with Crippen LogP contribution >= 0.6 is 0 Å². The van der Waals surface area contributed by atoms with Gasteiger partial charge in [-0.25, -0.2) is 0 Å². The molecule has 0 bridgehead atoms. The molecule has 4 heteroatoms. The van der Waals surface area contributed by atoms with E-state index in [-0.39, 0.29) is 11.2 Å². The van der Waals surface area contributed by atoms with Gasteiger partial charge in [-0.3, -0.25) is 0 Å². The van der Waals surface area contributed by atoms with E-state index < -0.39 is 0 Å². The highest BCUT2D eigenvalue weighted by molar-refractivity contribution is 4.95. The van der Waals surface area contributed by atoms with Crippen molar-refractivity contribution < 1.29 is 14.2 Å². The summed E-state index contributed by atoms with van der Waals surface area (Å²) >= 11 is 0. The Labute approximate surface area is 124 Å². The standard InChI is InChI=1S/C16H33NO3/c1-6-11-17-14(7-8-15(2,3)18-4)16(19-5)9-12-20-13-10-16/h14,17H,6-13H2,1-5H3. The van der Waals surface area contributed by atoms with Crippen LogP contribution in [0.15, 0.2) is 0 Å². The summed E-state index contributed by atoms with van der Waals surface area (Å²) in [5.74, 6) is 0. The van der Waals surface area contributed by atoms with Crippen LogP contribution in [0.4, 0.5) is 0 Å². The smallest absolute Gasteiger partial charge is 0.0874 e. The van der Waals surface area contributed by atoms with Crippen LogP contribution in [0.25, 0.3) is 0 Å². The highest BCUT2D eigenvalue weighted by Crippen LogP contribution is 2.32. The molecule has 1 aliphatic rings. The van der Waals surface area contributed by atoms with Crippen molar-refractivity contribution in [3.63, 3.8) is 0 Å². The molecule has 1 fully saturated rings. The van der Waals surface area contributed by atoms with Gasteiger partial charge in [-0.05, 0) is 39.7 Å². The normalized spacial score (nSPS) is 20.9. The second-order valence-electron chi connectivity index (χ2n) is 6.39. The molecule has 0 radical (unpaired) electrons. The summed E-state index contributed by atoms with van der Waals surface area (Å²) in [7, 11) is 3.63. The third kappa shape index (κ3) is 4.99. The Kier molecular flexibility index (Phi) is 7.45. The lowest BCUT2D eigenvalue weighted by Crippen LogP contribution is -2.55. The lowest BCUT2D eigenvalue weighted by Gasteiger charge is -2.43. The van der Waals surface area contributed by atoms with Crippen LogP contribution in [0.1, 0.15) is 52.9 Å². The summed E-state index contributed by atoms with van der Waals surface area (Å²) in [6.45, 7) is 9.12. The SMILES string of the molecule is CCCNC(CCC(C)(C)OC)C1(OC)CCOCC1. The predicted octanol–water partition coefficient (Wildman–Crippen LogP) is 2.76. The largest absolute Gasteiger partial charge is 0.381 e. The van der Waals surface area contributed by atoms with E-state index in [2.05, 4.69) is 26.1 Å².